The molecule has 0 heterocycles. The van der Waals surface area contributed by atoms with Gasteiger partial charge in [0.05, 0.1) is 15.7 Å². The van der Waals surface area contributed by atoms with E-state index < -0.39 is 0 Å². The Balaban J connectivity index is 3.02. The van der Waals surface area contributed by atoms with E-state index in [2.05, 4.69) is 26.6 Å². The van der Waals surface area contributed by atoms with Crippen molar-refractivity contribution in [2.24, 2.45) is 0 Å². The van der Waals surface area contributed by atoms with Gasteiger partial charge in [-0.25, -0.2) is 0 Å². The first-order chi connectivity index (χ1) is 6.54. The zero-order chi connectivity index (χ0) is 10.7. The number of hydrogen-bond acceptors (Lipinski definition) is 1. The van der Waals surface area contributed by atoms with Gasteiger partial charge in [0.1, 0.15) is 0 Å². The lowest BCUT2D eigenvalue weighted by atomic mass is 10.3. The number of hydrogen-bond donors (Lipinski definition) is 2. The Bertz CT molecular complexity index is 347. The topological polar surface area (TPSA) is 24.1 Å². The second kappa shape index (κ2) is 5.16. The summed E-state index contributed by atoms with van der Waals surface area (Å²) < 4.78 is 0.827. The molecule has 14 heavy (non-hydrogen) atoms. The van der Waals surface area contributed by atoms with Crippen LogP contribution in [0.1, 0.15) is 0 Å². The van der Waals surface area contributed by atoms with Gasteiger partial charge in [-0.3, -0.25) is 0 Å². The molecule has 1 aromatic rings. The van der Waals surface area contributed by atoms with Gasteiger partial charge >= 0.3 is 0 Å². The summed E-state index contributed by atoms with van der Waals surface area (Å²) in [5, 5.41) is 7.16. The molecule has 2 N–H and O–H groups in total. The lowest BCUT2D eigenvalue weighted by molar-refractivity contribution is 1.20. The Hall–Kier alpha value is -0.0300. The Labute approximate surface area is 106 Å². The molecule has 1 rings (SSSR count). The van der Waals surface area contributed by atoms with E-state index >= 15 is 0 Å². The first-order valence-corrected chi connectivity index (χ1v) is 5.63. The van der Waals surface area contributed by atoms with Crippen molar-refractivity contribution in [2.75, 3.05) is 12.4 Å². The van der Waals surface area contributed by atoms with Gasteiger partial charge in [-0.2, -0.15) is 0 Å². The monoisotopic (exact) mass is 312 g/mol. The maximum atomic E-state index is 5.97. The van der Waals surface area contributed by atoms with Crippen molar-refractivity contribution in [1.82, 2.24) is 5.32 Å². The Morgan fingerprint density at radius 3 is 2.29 bits per heavy atom. The van der Waals surface area contributed by atoms with Gasteiger partial charge in [-0.1, -0.05) is 39.1 Å². The predicted octanol–water partition coefficient (Wildman–Crippen LogP) is 3.67. The van der Waals surface area contributed by atoms with E-state index in [9.17, 15) is 0 Å². The molecule has 1 aromatic carbocycles. The van der Waals surface area contributed by atoms with Crippen LogP contribution in [-0.4, -0.2) is 12.2 Å². The predicted molar refractivity (Wildman–Crippen MR) is 69.4 cm³/mol. The summed E-state index contributed by atoms with van der Waals surface area (Å²) in [5.41, 5.74) is 0.607. The minimum atomic E-state index is 0.469. The van der Waals surface area contributed by atoms with Gasteiger partial charge in [-0.05, 0) is 24.4 Å². The first kappa shape index (κ1) is 12.0. The van der Waals surface area contributed by atoms with Crippen LogP contribution in [0.15, 0.2) is 16.6 Å². The van der Waals surface area contributed by atoms with Crippen molar-refractivity contribution in [3.8, 4) is 0 Å². The quantitative estimate of drug-likeness (QED) is 0.774. The van der Waals surface area contributed by atoms with Crippen LogP contribution in [0, 0.1) is 0 Å². The van der Waals surface area contributed by atoms with Gasteiger partial charge in [0.15, 0.2) is 5.11 Å². The summed E-state index contributed by atoms with van der Waals surface area (Å²) >= 11 is 20.2. The van der Waals surface area contributed by atoms with E-state index in [-0.39, 0.29) is 0 Å². The fourth-order valence-corrected chi connectivity index (χ4v) is 2.24. The van der Waals surface area contributed by atoms with Crippen LogP contribution in [0.25, 0.3) is 0 Å². The molecule has 0 fully saturated rings. The Morgan fingerprint density at radius 2 is 1.86 bits per heavy atom. The SMILES string of the molecule is CNC(=S)Nc1c(Cl)cc(Br)cc1Cl. The summed E-state index contributed by atoms with van der Waals surface area (Å²) in [6.07, 6.45) is 0. The van der Waals surface area contributed by atoms with E-state index in [4.69, 9.17) is 35.4 Å². The third-order valence-corrected chi connectivity index (χ3v) is 2.83. The van der Waals surface area contributed by atoms with E-state index in [1.54, 1.807) is 19.2 Å². The van der Waals surface area contributed by atoms with Crippen molar-refractivity contribution < 1.29 is 0 Å². The number of nitrogens with one attached hydrogen (secondary N) is 2. The third-order valence-electron chi connectivity index (χ3n) is 1.47. The number of benzene rings is 1. The second-order valence-electron chi connectivity index (χ2n) is 2.45. The molecule has 0 unspecified atom stereocenters. The van der Waals surface area contributed by atoms with Crippen LogP contribution in [0.3, 0.4) is 0 Å². The zero-order valence-corrected chi connectivity index (χ0v) is 11.1. The van der Waals surface area contributed by atoms with Gasteiger partial charge in [0, 0.05) is 11.5 Å². The maximum absolute atomic E-state index is 5.97. The highest BCUT2D eigenvalue weighted by Crippen LogP contribution is 2.33. The molecule has 6 heteroatoms. The maximum Gasteiger partial charge on any atom is 0.170 e. The lowest BCUT2D eigenvalue weighted by Crippen LogP contribution is -2.24. The zero-order valence-electron chi connectivity index (χ0n) is 7.20. The fourth-order valence-electron chi connectivity index (χ4n) is 0.838. The fraction of sp³-hybridized carbons (Fsp3) is 0.125. The second-order valence-corrected chi connectivity index (χ2v) is 4.59. The van der Waals surface area contributed by atoms with Gasteiger partial charge in [0.25, 0.3) is 0 Å². The molecule has 0 aliphatic rings. The number of thiocarbonyl (C=S) groups is 1. The minimum absolute atomic E-state index is 0.469. The first-order valence-electron chi connectivity index (χ1n) is 3.68. The summed E-state index contributed by atoms with van der Waals surface area (Å²) in [7, 11) is 1.72. The van der Waals surface area contributed by atoms with Crippen LogP contribution < -0.4 is 10.6 Å². The molecule has 0 radical (unpaired) electrons. The average molecular weight is 314 g/mol. The molecule has 2 nitrogen and oxygen atoms in total. The largest absolute Gasteiger partial charge is 0.366 e. The van der Waals surface area contributed by atoms with E-state index in [1.807, 2.05) is 0 Å². The molecule has 0 aliphatic carbocycles. The van der Waals surface area contributed by atoms with Crippen molar-refractivity contribution in [1.29, 1.82) is 0 Å². The smallest absolute Gasteiger partial charge is 0.170 e. The standard InChI is InChI=1S/C8H7BrCl2N2S/c1-12-8(14)13-7-5(10)2-4(9)3-6(7)11/h2-3H,1H3,(H2,12,13,14). The van der Waals surface area contributed by atoms with Crippen LogP contribution in [0.4, 0.5) is 5.69 Å². The lowest BCUT2D eigenvalue weighted by Gasteiger charge is -2.11. The summed E-state index contributed by atoms with van der Waals surface area (Å²) in [6.45, 7) is 0. The molecule has 0 aliphatic heterocycles. The molecule has 0 amide bonds. The summed E-state index contributed by atoms with van der Waals surface area (Å²) in [5.74, 6) is 0. The highest BCUT2D eigenvalue weighted by Gasteiger charge is 2.08. The van der Waals surface area contributed by atoms with Gasteiger partial charge < -0.3 is 10.6 Å². The van der Waals surface area contributed by atoms with Crippen LogP contribution >= 0.6 is 51.3 Å². The highest BCUT2D eigenvalue weighted by molar-refractivity contribution is 9.10. The van der Waals surface area contributed by atoms with E-state index in [0.29, 0.717) is 20.8 Å². The number of rotatable bonds is 1. The van der Waals surface area contributed by atoms with Crippen molar-refractivity contribution in [2.45, 2.75) is 0 Å². The number of halogens is 3. The van der Waals surface area contributed by atoms with Crippen LogP contribution in [-0.2, 0) is 0 Å². The van der Waals surface area contributed by atoms with Crippen molar-refractivity contribution in [3.63, 3.8) is 0 Å². The Morgan fingerprint density at radius 1 is 1.36 bits per heavy atom. The molecule has 76 valence electrons. The van der Waals surface area contributed by atoms with Crippen LogP contribution in [0.2, 0.25) is 10.0 Å². The minimum Gasteiger partial charge on any atom is -0.366 e. The summed E-state index contributed by atoms with van der Waals surface area (Å²) in [4.78, 5) is 0. The molecule has 0 spiro atoms. The van der Waals surface area contributed by atoms with Gasteiger partial charge in [-0.15, -0.1) is 0 Å². The molecule has 0 aromatic heterocycles. The molecule has 0 bridgehead atoms. The Kier molecular flexibility index (Phi) is 4.44. The third kappa shape index (κ3) is 2.98. The molecule has 0 saturated heterocycles. The average Bonchev–Trinajstić information content (AvgIpc) is 2.10. The molecular weight excluding hydrogens is 307 g/mol. The van der Waals surface area contributed by atoms with Crippen molar-refractivity contribution in [3.05, 3.63) is 26.7 Å². The van der Waals surface area contributed by atoms with E-state index in [0.717, 1.165) is 4.47 Å². The molecular formula is C8H7BrCl2N2S. The highest BCUT2D eigenvalue weighted by atomic mass is 79.9. The molecule has 0 saturated carbocycles. The van der Waals surface area contributed by atoms with Crippen molar-refractivity contribution >= 4 is 62.1 Å². The van der Waals surface area contributed by atoms with Crippen LogP contribution in [0.5, 0.6) is 0 Å². The molecule has 0 atom stereocenters. The number of anilines is 1. The summed E-state index contributed by atoms with van der Waals surface area (Å²) in [6, 6.07) is 3.49. The van der Waals surface area contributed by atoms with Gasteiger partial charge in [0.2, 0.25) is 0 Å². The normalized spacial score (nSPS) is 9.71. The van der Waals surface area contributed by atoms with E-state index in [1.165, 1.54) is 0 Å².